The maximum atomic E-state index is 5.66. The summed E-state index contributed by atoms with van der Waals surface area (Å²) in [5.41, 5.74) is 0. The molecule has 0 spiro atoms. The average molecular weight is 119 g/mol. The van der Waals surface area contributed by atoms with Crippen molar-refractivity contribution in [3.63, 3.8) is 0 Å². The molecule has 0 rings (SSSR count). The van der Waals surface area contributed by atoms with Crippen molar-refractivity contribution in [1.29, 1.82) is 0 Å². The first-order chi connectivity index (χ1) is 3.18. The van der Waals surface area contributed by atoms with Gasteiger partial charge in [-0.05, 0) is 12.8 Å². The second-order valence-corrected chi connectivity index (χ2v) is 2.26. The van der Waals surface area contributed by atoms with Gasteiger partial charge in [0.05, 0.1) is 0 Å². The molecule has 0 aromatic rings. The Balaban J connectivity index is 3.56. The number of allylic oxidation sites excluding steroid dienone is 2. The van der Waals surface area contributed by atoms with Crippen molar-refractivity contribution in [2.45, 2.75) is 20.8 Å². The molecule has 0 aliphatic heterocycles. The van der Waals surface area contributed by atoms with Crippen molar-refractivity contribution in [2.75, 3.05) is 0 Å². The van der Waals surface area contributed by atoms with E-state index in [4.69, 9.17) is 11.6 Å². The summed E-state index contributed by atoms with van der Waals surface area (Å²) in [5.74, 6) is 0.492. The molecule has 0 amide bonds. The first-order valence-corrected chi connectivity index (χ1v) is 2.88. The predicted octanol–water partition coefficient (Wildman–Crippen LogP) is 2.79. The molecule has 0 aromatic carbocycles. The summed E-state index contributed by atoms with van der Waals surface area (Å²) < 4.78 is 0. The molecule has 0 N–H and O–H groups in total. The smallest absolute Gasteiger partial charge is 0.0163 e. The Morgan fingerprint density at radius 2 is 2.00 bits per heavy atom. The van der Waals surface area contributed by atoms with E-state index in [1.54, 1.807) is 0 Å². The largest absolute Gasteiger partial charge is 0.0892 e. The highest BCUT2D eigenvalue weighted by Crippen LogP contribution is 2.12. The lowest BCUT2D eigenvalue weighted by atomic mass is 10.2. The standard InChI is InChI=1S/C6H11Cl/c1-4-6(7)5(2)3/h4-5H,1-3H3/b6-4-. The zero-order valence-corrected chi connectivity index (χ0v) is 5.79. The molecule has 0 aliphatic rings. The van der Waals surface area contributed by atoms with Crippen LogP contribution in [-0.2, 0) is 0 Å². The molecule has 0 fully saturated rings. The summed E-state index contributed by atoms with van der Waals surface area (Å²) in [6.07, 6.45) is 1.92. The van der Waals surface area contributed by atoms with Crippen molar-refractivity contribution in [2.24, 2.45) is 5.92 Å². The molecule has 0 saturated heterocycles. The quantitative estimate of drug-likeness (QED) is 0.497. The van der Waals surface area contributed by atoms with Gasteiger partial charge in [0.15, 0.2) is 0 Å². The molecule has 0 bridgehead atoms. The van der Waals surface area contributed by atoms with Crippen LogP contribution in [0.25, 0.3) is 0 Å². The molecule has 0 saturated carbocycles. The lowest BCUT2D eigenvalue weighted by Gasteiger charge is -1.97. The Labute approximate surface area is 50.2 Å². The van der Waals surface area contributed by atoms with Crippen LogP contribution in [0.2, 0.25) is 0 Å². The second-order valence-electron chi connectivity index (χ2n) is 1.83. The van der Waals surface area contributed by atoms with Crippen molar-refractivity contribution in [1.82, 2.24) is 0 Å². The maximum absolute atomic E-state index is 5.66. The van der Waals surface area contributed by atoms with Crippen LogP contribution in [0.3, 0.4) is 0 Å². The van der Waals surface area contributed by atoms with Crippen LogP contribution in [-0.4, -0.2) is 0 Å². The van der Waals surface area contributed by atoms with Crippen LogP contribution in [0.1, 0.15) is 20.8 Å². The van der Waals surface area contributed by atoms with Crippen LogP contribution in [0.15, 0.2) is 11.1 Å². The van der Waals surface area contributed by atoms with E-state index >= 15 is 0 Å². The van der Waals surface area contributed by atoms with Crippen LogP contribution in [0.5, 0.6) is 0 Å². The topological polar surface area (TPSA) is 0 Å². The SMILES string of the molecule is C/C=C(\Cl)C(C)C. The lowest BCUT2D eigenvalue weighted by Crippen LogP contribution is -1.82. The van der Waals surface area contributed by atoms with Gasteiger partial charge in [-0.1, -0.05) is 31.5 Å². The van der Waals surface area contributed by atoms with Gasteiger partial charge in [0.1, 0.15) is 0 Å². The van der Waals surface area contributed by atoms with Crippen molar-refractivity contribution < 1.29 is 0 Å². The molecule has 0 radical (unpaired) electrons. The number of hydrogen-bond acceptors (Lipinski definition) is 0. The van der Waals surface area contributed by atoms with Gasteiger partial charge in [0.2, 0.25) is 0 Å². The second kappa shape index (κ2) is 3.09. The van der Waals surface area contributed by atoms with Crippen LogP contribution < -0.4 is 0 Å². The summed E-state index contributed by atoms with van der Waals surface area (Å²) in [4.78, 5) is 0. The van der Waals surface area contributed by atoms with Gasteiger partial charge in [0, 0.05) is 5.03 Å². The van der Waals surface area contributed by atoms with E-state index in [0.29, 0.717) is 5.92 Å². The van der Waals surface area contributed by atoms with Gasteiger partial charge in [-0.25, -0.2) is 0 Å². The molecule has 0 nitrogen and oxygen atoms in total. The molecule has 7 heavy (non-hydrogen) atoms. The first kappa shape index (κ1) is 7.03. The third-order valence-electron chi connectivity index (χ3n) is 0.827. The van der Waals surface area contributed by atoms with Crippen molar-refractivity contribution in [3.05, 3.63) is 11.1 Å². The monoisotopic (exact) mass is 118 g/mol. The van der Waals surface area contributed by atoms with E-state index in [2.05, 4.69) is 13.8 Å². The Kier molecular flexibility index (Phi) is 3.10. The third kappa shape index (κ3) is 2.69. The average Bonchev–Trinajstić information content (AvgIpc) is 1.65. The van der Waals surface area contributed by atoms with Gasteiger partial charge in [0.25, 0.3) is 0 Å². The normalized spacial score (nSPS) is 13.0. The summed E-state index contributed by atoms with van der Waals surface area (Å²) in [7, 11) is 0. The fraction of sp³-hybridized carbons (Fsp3) is 0.667. The van der Waals surface area contributed by atoms with Gasteiger partial charge >= 0.3 is 0 Å². The van der Waals surface area contributed by atoms with Gasteiger partial charge in [-0.2, -0.15) is 0 Å². The van der Waals surface area contributed by atoms with Gasteiger partial charge < -0.3 is 0 Å². The highest BCUT2D eigenvalue weighted by molar-refractivity contribution is 6.29. The van der Waals surface area contributed by atoms with E-state index in [0.717, 1.165) is 5.03 Å². The number of halogens is 1. The zero-order valence-electron chi connectivity index (χ0n) is 5.03. The molecule has 0 heterocycles. The van der Waals surface area contributed by atoms with E-state index < -0.39 is 0 Å². The minimum absolute atomic E-state index is 0.492. The molecule has 0 aromatic heterocycles. The number of hydrogen-bond donors (Lipinski definition) is 0. The van der Waals surface area contributed by atoms with Crippen molar-refractivity contribution >= 4 is 11.6 Å². The lowest BCUT2D eigenvalue weighted by molar-refractivity contribution is 0.811. The van der Waals surface area contributed by atoms with Crippen LogP contribution in [0.4, 0.5) is 0 Å². The summed E-state index contributed by atoms with van der Waals surface area (Å²) in [6, 6.07) is 0. The summed E-state index contributed by atoms with van der Waals surface area (Å²) >= 11 is 5.66. The highest BCUT2D eigenvalue weighted by Gasteiger charge is 1.93. The van der Waals surface area contributed by atoms with Gasteiger partial charge in [-0.15, -0.1) is 0 Å². The van der Waals surface area contributed by atoms with Crippen LogP contribution in [0, 0.1) is 5.92 Å². The molecule has 0 atom stereocenters. The summed E-state index contributed by atoms with van der Waals surface area (Å²) in [6.45, 7) is 6.09. The Hall–Kier alpha value is 0.0300. The predicted molar refractivity (Wildman–Crippen MR) is 34.4 cm³/mol. The Morgan fingerprint density at radius 3 is 2.00 bits per heavy atom. The minimum atomic E-state index is 0.492. The van der Waals surface area contributed by atoms with E-state index in [-0.39, 0.29) is 0 Å². The molecular formula is C6H11Cl. The molecule has 42 valence electrons. The maximum Gasteiger partial charge on any atom is 0.0163 e. The highest BCUT2D eigenvalue weighted by atomic mass is 35.5. The van der Waals surface area contributed by atoms with E-state index in [9.17, 15) is 0 Å². The molecule has 0 unspecified atom stereocenters. The first-order valence-electron chi connectivity index (χ1n) is 2.50. The van der Waals surface area contributed by atoms with Gasteiger partial charge in [-0.3, -0.25) is 0 Å². The Bertz CT molecular complexity index is 72.2. The van der Waals surface area contributed by atoms with E-state index in [1.807, 2.05) is 13.0 Å². The van der Waals surface area contributed by atoms with E-state index in [1.165, 1.54) is 0 Å². The minimum Gasteiger partial charge on any atom is -0.0892 e. The third-order valence-corrected chi connectivity index (χ3v) is 1.48. The fourth-order valence-electron chi connectivity index (χ4n) is 0.333. The van der Waals surface area contributed by atoms with Crippen LogP contribution >= 0.6 is 11.6 Å². The fourth-order valence-corrected chi connectivity index (χ4v) is 0.333. The zero-order chi connectivity index (χ0) is 5.86. The molecule has 0 aliphatic carbocycles. The number of rotatable bonds is 1. The summed E-state index contributed by atoms with van der Waals surface area (Å²) in [5, 5.41) is 0.944. The molecular weight excluding hydrogens is 108 g/mol. The molecule has 1 heteroatoms. The Morgan fingerprint density at radius 1 is 1.57 bits per heavy atom. The van der Waals surface area contributed by atoms with Crippen molar-refractivity contribution in [3.8, 4) is 0 Å².